The predicted molar refractivity (Wildman–Crippen MR) is 142 cm³/mol. The number of hydrogen-bond donors (Lipinski definition) is 1. The summed E-state index contributed by atoms with van der Waals surface area (Å²) in [6, 6.07) is 17.8. The number of aromatic nitrogens is 2. The number of hydrogen-bond acceptors (Lipinski definition) is 5. The van der Waals surface area contributed by atoms with Gasteiger partial charge in [-0.3, -0.25) is 0 Å². The van der Waals surface area contributed by atoms with E-state index >= 15 is 0 Å². The molecule has 4 aromatic rings. The molecule has 0 aliphatic carbocycles. The van der Waals surface area contributed by atoms with E-state index in [2.05, 4.69) is 118 Å². The molecule has 0 radical (unpaired) electrons. The highest BCUT2D eigenvalue weighted by Crippen LogP contribution is 2.36. The number of benzene rings is 2. The number of anilines is 1. The third kappa shape index (κ3) is 4.94. The summed E-state index contributed by atoms with van der Waals surface area (Å²) in [5.74, 6) is 1.18. The molecule has 4 nitrogen and oxygen atoms in total. The topological polar surface area (TPSA) is 41.0 Å². The summed E-state index contributed by atoms with van der Waals surface area (Å²) in [5.41, 5.74) is 6.28. The predicted octanol–water partition coefficient (Wildman–Crippen LogP) is 7.33. The molecule has 0 aliphatic rings. The number of thiophene rings is 1. The van der Waals surface area contributed by atoms with Gasteiger partial charge in [-0.2, -0.15) is 5.10 Å². The molecule has 0 saturated heterocycles. The second kappa shape index (κ2) is 9.62. The minimum atomic E-state index is 0.133. The van der Waals surface area contributed by atoms with Crippen LogP contribution in [0.4, 0.5) is 5.82 Å². The van der Waals surface area contributed by atoms with Crippen LogP contribution in [0.3, 0.4) is 0 Å². The van der Waals surface area contributed by atoms with Crippen molar-refractivity contribution in [2.45, 2.75) is 53.1 Å². The van der Waals surface area contributed by atoms with E-state index in [9.17, 15) is 0 Å². The molecule has 172 valence electrons. The Labute approximate surface area is 201 Å². The number of fused-ring (bicyclic) bond motifs is 1. The number of aryl methyl sites for hydroxylation is 2. The molecule has 1 N–H and O–H groups in total. The van der Waals surface area contributed by atoms with Crippen LogP contribution in [0.2, 0.25) is 0 Å². The molecule has 1 atom stereocenters. The first kappa shape index (κ1) is 23.4. The van der Waals surface area contributed by atoms with Gasteiger partial charge in [0.15, 0.2) is 5.82 Å². The molecular formula is C28H34N4S. The third-order valence-corrected chi connectivity index (χ3v) is 7.45. The summed E-state index contributed by atoms with van der Waals surface area (Å²) < 4.78 is 0. The largest absolute Gasteiger partial charge is 0.361 e. The van der Waals surface area contributed by atoms with E-state index in [1.165, 1.54) is 37.4 Å². The maximum Gasteiger partial charge on any atom is 0.157 e. The summed E-state index contributed by atoms with van der Waals surface area (Å²) in [6.45, 7) is 11.8. The molecule has 0 bridgehead atoms. The van der Waals surface area contributed by atoms with Crippen LogP contribution in [0.1, 0.15) is 60.0 Å². The van der Waals surface area contributed by atoms with Crippen LogP contribution in [-0.4, -0.2) is 29.2 Å². The Balaban J connectivity index is 1.66. The molecule has 0 saturated carbocycles. The number of nitrogens with one attached hydrogen (secondary N) is 1. The summed E-state index contributed by atoms with van der Waals surface area (Å²) in [5, 5.41) is 15.2. The van der Waals surface area contributed by atoms with Gasteiger partial charge < -0.3 is 10.2 Å². The Kier molecular flexibility index (Phi) is 6.82. The fourth-order valence-electron chi connectivity index (χ4n) is 4.21. The lowest BCUT2D eigenvalue weighted by Gasteiger charge is -2.18. The normalized spacial score (nSPS) is 12.6. The van der Waals surface area contributed by atoms with Gasteiger partial charge >= 0.3 is 0 Å². The highest BCUT2D eigenvalue weighted by molar-refractivity contribution is 7.15. The fourth-order valence-corrected chi connectivity index (χ4v) is 5.29. The fraction of sp³-hybridized carbons (Fsp3) is 0.357. The van der Waals surface area contributed by atoms with E-state index in [1.807, 2.05) is 11.3 Å². The Hall–Kier alpha value is -2.76. The summed E-state index contributed by atoms with van der Waals surface area (Å²) in [6.07, 6.45) is 0. The standard InChI is InChI=1S/C28H34N4S/c1-17(2)27-23-14-18(3)19(4)15-24(23)28(31-30-27)29-20(5)25-12-13-26(33-25)22-11-9-8-10-21(22)16-32(6)7/h8-15,17,20H,16H2,1-7H3,(H,29,31)/t20-/m1/s1. The lowest BCUT2D eigenvalue weighted by Crippen LogP contribution is -2.11. The van der Waals surface area contributed by atoms with Crippen molar-refractivity contribution in [2.75, 3.05) is 19.4 Å². The van der Waals surface area contributed by atoms with Crippen LogP contribution < -0.4 is 5.32 Å². The van der Waals surface area contributed by atoms with Crippen molar-refractivity contribution in [2.24, 2.45) is 0 Å². The van der Waals surface area contributed by atoms with Gasteiger partial charge in [0.05, 0.1) is 11.7 Å². The zero-order valence-electron chi connectivity index (χ0n) is 20.7. The summed E-state index contributed by atoms with van der Waals surface area (Å²) in [4.78, 5) is 4.80. The molecule has 33 heavy (non-hydrogen) atoms. The molecule has 2 aromatic heterocycles. The molecule has 0 amide bonds. The van der Waals surface area contributed by atoms with E-state index in [0.717, 1.165) is 23.4 Å². The first-order chi connectivity index (χ1) is 15.7. The highest BCUT2D eigenvalue weighted by Gasteiger charge is 2.17. The van der Waals surface area contributed by atoms with E-state index in [4.69, 9.17) is 0 Å². The van der Waals surface area contributed by atoms with Crippen molar-refractivity contribution in [3.05, 3.63) is 75.8 Å². The number of nitrogens with zero attached hydrogens (tertiary/aromatic N) is 3. The lowest BCUT2D eigenvalue weighted by molar-refractivity contribution is 0.403. The Morgan fingerprint density at radius 1 is 0.909 bits per heavy atom. The van der Waals surface area contributed by atoms with Crippen molar-refractivity contribution < 1.29 is 0 Å². The van der Waals surface area contributed by atoms with Gasteiger partial charge in [0.2, 0.25) is 0 Å². The SMILES string of the molecule is Cc1cc2c(N[C@H](C)c3ccc(-c4ccccc4CN(C)C)s3)nnc(C(C)C)c2cc1C. The van der Waals surface area contributed by atoms with E-state index in [0.29, 0.717) is 5.92 Å². The first-order valence-corrected chi connectivity index (χ1v) is 12.4. The van der Waals surface area contributed by atoms with Crippen molar-refractivity contribution in [3.63, 3.8) is 0 Å². The van der Waals surface area contributed by atoms with Crippen LogP contribution in [0, 0.1) is 13.8 Å². The minimum absolute atomic E-state index is 0.133. The van der Waals surface area contributed by atoms with Gasteiger partial charge in [0, 0.05) is 27.1 Å². The Morgan fingerprint density at radius 2 is 1.61 bits per heavy atom. The van der Waals surface area contributed by atoms with Crippen molar-refractivity contribution >= 4 is 27.9 Å². The highest BCUT2D eigenvalue weighted by atomic mass is 32.1. The van der Waals surface area contributed by atoms with E-state index in [-0.39, 0.29) is 6.04 Å². The maximum absolute atomic E-state index is 4.61. The van der Waals surface area contributed by atoms with Crippen molar-refractivity contribution in [1.82, 2.24) is 15.1 Å². The van der Waals surface area contributed by atoms with Gasteiger partial charge in [0.25, 0.3) is 0 Å². The molecule has 5 heteroatoms. The van der Waals surface area contributed by atoms with Gasteiger partial charge in [0.1, 0.15) is 0 Å². The quantitative estimate of drug-likeness (QED) is 0.315. The van der Waals surface area contributed by atoms with E-state index < -0.39 is 0 Å². The Morgan fingerprint density at radius 3 is 2.30 bits per heavy atom. The molecule has 0 unspecified atom stereocenters. The van der Waals surface area contributed by atoms with Crippen LogP contribution in [0.15, 0.2) is 48.5 Å². The molecule has 2 heterocycles. The maximum atomic E-state index is 4.61. The van der Waals surface area contributed by atoms with Gasteiger partial charge in [-0.25, -0.2) is 0 Å². The summed E-state index contributed by atoms with van der Waals surface area (Å²) in [7, 11) is 4.23. The summed E-state index contributed by atoms with van der Waals surface area (Å²) >= 11 is 1.84. The van der Waals surface area contributed by atoms with Crippen molar-refractivity contribution in [3.8, 4) is 10.4 Å². The molecule has 0 aliphatic heterocycles. The van der Waals surface area contributed by atoms with Crippen molar-refractivity contribution in [1.29, 1.82) is 0 Å². The third-order valence-electron chi connectivity index (χ3n) is 6.15. The molecule has 0 spiro atoms. The average Bonchev–Trinajstić information content (AvgIpc) is 3.25. The van der Waals surface area contributed by atoms with E-state index in [1.54, 1.807) is 0 Å². The van der Waals surface area contributed by atoms with Gasteiger partial charge in [-0.05, 0) is 87.3 Å². The van der Waals surface area contributed by atoms with Gasteiger partial charge in [-0.15, -0.1) is 16.4 Å². The minimum Gasteiger partial charge on any atom is -0.361 e. The van der Waals surface area contributed by atoms with Crippen LogP contribution in [0.5, 0.6) is 0 Å². The van der Waals surface area contributed by atoms with Gasteiger partial charge in [-0.1, -0.05) is 38.1 Å². The van der Waals surface area contributed by atoms with Crippen LogP contribution >= 0.6 is 11.3 Å². The zero-order chi connectivity index (χ0) is 23.7. The second-order valence-electron chi connectivity index (χ2n) is 9.53. The second-order valence-corrected chi connectivity index (χ2v) is 10.6. The molecule has 2 aromatic carbocycles. The van der Waals surface area contributed by atoms with Crippen LogP contribution in [0.25, 0.3) is 21.2 Å². The molecular weight excluding hydrogens is 424 g/mol. The van der Waals surface area contributed by atoms with Crippen LogP contribution in [-0.2, 0) is 6.54 Å². The monoisotopic (exact) mass is 458 g/mol. The first-order valence-electron chi connectivity index (χ1n) is 11.6. The zero-order valence-corrected chi connectivity index (χ0v) is 21.5. The average molecular weight is 459 g/mol. The lowest BCUT2D eigenvalue weighted by atomic mass is 9.98. The molecule has 4 rings (SSSR count). The molecule has 0 fully saturated rings. The Bertz CT molecular complexity index is 1270. The smallest absolute Gasteiger partial charge is 0.157 e. The number of rotatable bonds is 7.